The summed E-state index contributed by atoms with van der Waals surface area (Å²) in [5.74, 6) is 1.81. The van der Waals surface area contributed by atoms with E-state index in [-0.39, 0.29) is 5.91 Å². The van der Waals surface area contributed by atoms with Gasteiger partial charge in [-0.2, -0.15) is 0 Å². The maximum atomic E-state index is 12.6. The van der Waals surface area contributed by atoms with Crippen molar-refractivity contribution in [2.24, 2.45) is 5.92 Å². The first-order chi connectivity index (χ1) is 13.8. The van der Waals surface area contributed by atoms with E-state index in [1.807, 2.05) is 29.3 Å². The Labute approximate surface area is 166 Å². The van der Waals surface area contributed by atoms with Crippen LogP contribution in [-0.2, 0) is 6.42 Å². The number of amides is 1. The summed E-state index contributed by atoms with van der Waals surface area (Å²) < 4.78 is 0. The average molecular weight is 380 g/mol. The van der Waals surface area contributed by atoms with Crippen molar-refractivity contribution in [3.8, 4) is 0 Å². The van der Waals surface area contributed by atoms with E-state index in [2.05, 4.69) is 27.7 Å². The van der Waals surface area contributed by atoms with Gasteiger partial charge in [0.05, 0.1) is 5.69 Å². The molecule has 7 heteroatoms. The van der Waals surface area contributed by atoms with Crippen molar-refractivity contribution in [2.45, 2.75) is 44.6 Å². The molecule has 0 radical (unpaired) electrons. The minimum absolute atomic E-state index is 0.0353. The Morgan fingerprint density at radius 2 is 2.04 bits per heavy atom. The van der Waals surface area contributed by atoms with Crippen LogP contribution in [0.1, 0.15) is 54.1 Å². The lowest BCUT2D eigenvalue weighted by atomic mass is 9.82. The van der Waals surface area contributed by atoms with Gasteiger partial charge in [-0.1, -0.05) is 13.0 Å². The predicted octanol–water partition coefficient (Wildman–Crippen LogP) is 1.94. The number of rotatable bonds is 5. The molecule has 2 aliphatic heterocycles. The molecule has 0 aromatic carbocycles. The molecule has 0 aliphatic carbocycles. The van der Waals surface area contributed by atoms with Crippen molar-refractivity contribution in [1.82, 2.24) is 30.7 Å². The third-order valence-electron chi connectivity index (χ3n) is 5.82. The molecule has 148 valence electrons. The fourth-order valence-corrected chi connectivity index (χ4v) is 4.33. The number of aromatic nitrogens is 3. The Bertz CT molecular complexity index is 790. The van der Waals surface area contributed by atoms with Gasteiger partial charge in [0.25, 0.3) is 5.91 Å². The molecule has 2 fully saturated rings. The van der Waals surface area contributed by atoms with Crippen molar-refractivity contribution < 1.29 is 4.79 Å². The van der Waals surface area contributed by atoms with Crippen molar-refractivity contribution in [1.29, 1.82) is 0 Å². The zero-order valence-electron chi connectivity index (χ0n) is 16.3. The number of piperidine rings is 1. The Hall–Kier alpha value is -2.38. The Kier molecular flexibility index (Phi) is 5.92. The van der Waals surface area contributed by atoms with Crippen LogP contribution in [0.15, 0.2) is 36.7 Å². The van der Waals surface area contributed by atoms with Crippen LogP contribution >= 0.6 is 0 Å². The number of likely N-dealkylation sites (tertiary alicyclic amines) is 1. The summed E-state index contributed by atoms with van der Waals surface area (Å²) in [4.78, 5) is 28.0. The predicted molar refractivity (Wildman–Crippen MR) is 107 cm³/mol. The number of hydrogen-bond donors (Lipinski definition) is 2. The van der Waals surface area contributed by atoms with Gasteiger partial charge < -0.3 is 4.90 Å². The van der Waals surface area contributed by atoms with Crippen LogP contribution in [0.2, 0.25) is 0 Å². The second-order valence-electron chi connectivity index (χ2n) is 7.65. The summed E-state index contributed by atoms with van der Waals surface area (Å²) in [5, 5.41) is 0. The van der Waals surface area contributed by atoms with Crippen LogP contribution in [0.25, 0.3) is 0 Å². The van der Waals surface area contributed by atoms with Crippen molar-refractivity contribution in [3.63, 3.8) is 0 Å². The lowest BCUT2D eigenvalue weighted by molar-refractivity contribution is 0.0664. The van der Waals surface area contributed by atoms with Gasteiger partial charge in [-0.3, -0.25) is 20.6 Å². The maximum absolute atomic E-state index is 12.6. The van der Waals surface area contributed by atoms with E-state index >= 15 is 0 Å². The largest absolute Gasteiger partial charge is 0.337 e. The minimum atomic E-state index is 0.0353. The van der Waals surface area contributed by atoms with Gasteiger partial charge in [0.1, 0.15) is 11.5 Å². The Morgan fingerprint density at radius 3 is 2.79 bits per heavy atom. The van der Waals surface area contributed by atoms with Gasteiger partial charge >= 0.3 is 0 Å². The third kappa shape index (κ3) is 4.05. The Balaban J connectivity index is 1.40. The molecule has 4 rings (SSSR count). The first kappa shape index (κ1) is 19.0. The second kappa shape index (κ2) is 8.75. The fourth-order valence-electron chi connectivity index (χ4n) is 4.33. The summed E-state index contributed by atoms with van der Waals surface area (Å²) in [5.41, 5.74) is 8.45. The molecule has 2 unspecified atom stereocenters. The number of aryl methyl sites for hydroxylation is 1. The number of carbonyl (C=O) groups excluding carboxylic acids is 1. The monoisotopic (exact) mass is 380 g/mol. The molecular weight excluding hydrogens is 352 g/mol. The molecule has 0 spiro atoms. The highest BCUT2D eigenvalue weighted by Crippen LogP contribution is 2.31. The zero-order valence-corrected chi connectivity index (χ0v) is 16.3. The second-order valence-corrected chi connectivity index (χ2v) is 7.65. The number of hydrogen-bond acceptors (Lipinski definition) is 6. The van der Waals surface area contributed by atoms with E-state index < -0.39 is 0 Å². The average Bonchev–Trinajstić information content (AvgIpc) is 3.24. The zero-order chi connectivity index (χ0) is 19.3. The van der Waals surface area contributed by atoms with Gasteiger partial charge in [-0.25, -0.2) is 9.97 Å². The van der Waals surface area contributed by atoms with Crippen molar-refractivity contribution in [3.05, 3.63) is 53.9 Å². The fraction of sp³-hybridized carbons (Fsp3) is 0.524. The number of carbonyl (C=O) groups is 1. The number of nitrogens with zero attached hydrogens (tertiary/aromatic N) is 4. The van der Waals surface area contributed by atoms with Crippen LogP contribution in [0.5, 0.6) is 0 Å². The maximum Gasteiger partial charge on any atom is 0.272 e. The topological polar surface area (TPSA) is 83.0 Å². The van der Waals surface area contributed by atoms with Crippen LogP contribution in [0.3, 0.4) is 0 Å². The van der Waals surface area contributed by atoms with E-state index in [0.29, 0.717) is 23.6 Å². The van der Waals surface area contributed by atoms with Crippen LogP contribution in [0, 0.1) is 5.92 Å². The van der Waals surface area contributed by atoms with Crippen LogP contribution in [-0.4, -0.2) is 51.4 Å². The summed E-state index contributed by atoms with van der Waals surface area (Å²) in [6.45, 7) is 4.57. The molecule has 1 amide bonds. The lowest BCUT2D eigenvalue weighted by Crippen LogP contribution is -2.46. The quantitative estimate of drug-likeness (QED) is 0.825. The lowest BCUT2D eigenvalue weighted by Gasteiger charge is -2.36. The summed E-state index contributed by atoms with van der Waals surface area (Å²) in [6.07, 6.45) is 7.50. The van der Waals surface area contributed by atoms with Gasteiger partial charge in [0, 0.05) is 50.4 Å². The molecule has 2 aromatic rings. The normalized spacial score (nSPS) is 23.1. The summed E-state index contributed by atoms with van der Waals surface area (Å²) >= 11 is 0. The first-order valence-electron chi connectivity index (χ1n) is 10.3. The van der Waals surface area contributed by atoms with E-state index in [1.54, 1.807) is 12.3 Å². The molecule has 2 aliphatic rings. The highest BCUT2D eigenvalue weighted by Gasteiger charge is 2.37. The molecular formula is C21H28N6O. The van der Waals surface area contributed by atoms with Crippen molar-refractivity contribution >= 4 is 5.91 Å². The molecule has 0 bridgehead atoms. The van der Waals surface area contributed by atoms with E-state index in [9.17, 15) is 4.79 Å². The number of nitrogens with one attached hydrogen (secondary N) is 2. The third-order valence-corrected chi connectivity index (χ3v) is 5.82. The van der Waals surface area contributed by atoms with Crippen LogP contribution < -0.4 is 10.9 Å². The molecule has 4 heterocycles. The first-order valence-corrected chi connectivity index (χ1v) is 10.3. The SMILES string of the molecule is CCCc1nccc(C2CNNC2C2CCN(C(=O)c3ccccn3)CC2)n1. The molecule has 2 atom stereocenters. The number of hydrazine groups is 1. The van der Waals surface area contributed by atoms with Gasteiger partial charge in [0.15, 0.2) is 0 Å². The summed E-state index contributed by atoms with van der Waals surface area (Å²) in [7, 11) is 0. The molecule has 2 aromatic heterocycles. The van der Waals surface area contributed by atoms with Gasteiger partial charge in [-0.15, -0.1) is 0 Å². The van der Waals surface area contributed by atoms with E-state index in [0.717, 1.165) is 56.8 Å². The van der Waals surface area contributed by atoms with Crippen molar-refractivity contribution in [2.75, 3.05) is 19.6 Å². The molecule has 28 heavy (non-hydrogen) atoms. The smallest absolute Gasteiger partial charge is 0.272 e. The number of pyridine rings is 1. The molecule has 2 N–H and O–H groups in total. The highest BCUT2D eigenvalue weighted by molar-refractivity contribution is 5.92. The standard InChI is InChI=1S/C21H28N6O/c1-2-5-19-23-11-7-17(25-19)16-14-24-26-20(16)15-8-12-27(13-9-15)21(28)18-6-3-4-10-22-18/h3-4,6-7,10-11,15-16,20,24,26H,2,5,8-9,12-14H2,1H3. The molecule has 7 nitrogen and oxygen atoms in total. The molecule has 2 saturated heterocycles. The summed E-state index contributed by atoms with van der Waals surface area (Å²) in [6, 6.07) is 7.86. The minimum Gasteiger partial charge on any atom is -0.337 e. The van der Waals surface area contributed by atoms with Gasteiger partial charge in [0.2, 0.25) is 0 Å². The van der Waals surface area contributed by atoms with Gasteiger partial charge in [-0.05, 0) is 43.4 Å². The highest BCUT2D eigenvalue weighted by atomic mass is 16.2. The van der Waals surface area contributed by atoms with E-state index in [1.165, 1.54) is 0 Å². The van der Waals surface area contributed by atoms with E-state index in [4.69, 9.17) is 4.98 Å². The van der Waals surface area contributed by atoms with Crippen LogP contribution in [0.4, 0.5) is 0 Å². The Morgan fingerprint density at radius 1 is 1.18 bits per heavy atom. The molecule has 0 saturated carbocycles.